The molecule has 2 aromatic rings. The highest BCUT2D eigenvalue weighted by molar-refractivity contribution is 5.39. The number of rotatable bonds is 0. The standard InChI is InChI=1S/C15H11FN2/c16-14-7-4-8-15(18-12-17-11-14)10-9-13-5-2-1-3-6-13/h1-8,11-12H,(H,17,18). The highest BCUT2D eigenvalue weighted by Gasteiger charge is 1.84. The van der Waals surface area contributed by atoms with Gasteiger partial charge in [0.2, 0.25) is 0 Å². The molecule has 0 radical (unpaired) electrons. The quantitative estimate of drug-likeness (QED) is 0.702. The normalized spacial score (nSPS) is 8.94. The first-order valence-corrected chi connectivity index (χ1v) is 5.44. The van der Waals surface area contributed by atoms with Crippen LogP contribution < -0.4 is 0 Å². The number of nitrogens with one attached hydrogen (secondary N) is 1. The zero-order valence-corrected chi connectivity index (χ0v) is 9.60. The molecule has 0 fully saturated rings. The number of hydrogen-bond acceptors (Lipinski definition) is 1. The summed E-state index contributed by atoms with van der Waals surface area (Å²) in [5, 5.41) is 0. The zero-order chi connectivity index (χ0) is 12.6. The van der Waals surface area contributed by atoms with Crippen molar-refractivity contribution >= 4 is 0 Å². The molecule has 0 unspecified atom stereocenters. The van der Waals surface area contributed by atoms with Crippen LogP contribution in [0.2, 0.25) is 0 Å². The van der Waals surface area contributed by atoms with Crippen molar-refractivity contribution in [3.05, 3.63) is 78.1 Å². The Bertz CT molecular complexity index is 620. The highest BCUT2D eigenvalue weighted by Crippen LogP contribution is 1.96. The van der Waals surface area contributed by atoms with Gasteiger partial charge in [-0.2, -0.15) is 0 Å². The largest absolute Gasteiger partial charge is 0.339 e. The number of aromatic nitrogens is 2. The van der Waals surface area contributed by atoms with E-state index in [9.17, 15) is 4.39 Å². The van der Waals surface area contributed by atoms with Gasteiger partial charge in [-0.15, -0.1) is 0 Å². The van der Waals surface area contributed by atoms with E-state index in [1.54, 1.807) is 12.1 Å². The van der Waals surface area contributed by atoms with Gasteiger partial charge in [-0.1, -0.05) is 30.2 Å². The number of aromatic amines is 1. The number of H-pyrrole nitrogens is 1. The van der Waals surface area contributed by atoms with E-state index in [2.05, 4.69) is 21.8 Å². The maximum Gasteiger partial charge on any atom is 0.141 e. The number of nitrogens with zero attached hydrogens (tertiary/aromatic N) is 1. The van der Waals surface area contributed by atoms with E-state index in [-0.39, 0.29) is 0 Å². The van der Waals surface area contributed by atoms with Crippen LogP contribution in [0.3, 0.4) is 0 Å². The van der Waals surface area contributed by atoms with Gasteiger partial charge in [-0.05, 0) is 30.2 Å². The fraction of sp³-hybridized carbons (Fsp3) is 0. The molecule has 2 nitrogen and oxygen atoms in total. The van der Waals surface area contributed by atoms with Crippen LogP contribution in [0.15, 0.2) is 61.1 Å². The van der Waals surface area contributed by atoms with E-state index in [0.717, 1.165) is 11.8 Å². The van der Waals surface area contributed by atoms with Gasteiger partial charge in [0.15, 0.2) is 0 Å². The Hall–Kier alpha value is -2.60. The van der Waals surface area contributed by atoms with Crippen molar-refractivity contribution in [2.75, 3.05) is 0 Å². The molecule has 0 aliphatic heterocycles. The minimum Gasteiger partial charge on any atom is -0.339 e. The molecule has 88 valence electrons. The zero-order valence-electron chi connectivity index (χ0n) is 9.60. The van der Waals surface area contributed by atoms with Crippen LogP contribution in [0.25, 0.3) is 0 Å². The lowest BCUT2D eigenvalue weighted by atomic mass is 10.2. The Kier molecular flexibility index (Phi) is 4.10. The lowest BCUT2D eigenvalue weighted by Gasteiger charge is -1.87. The van der Waals surface area contributed by atoms with Crippen molar-refractivity contribution in [3.63, 3.8) is 0 Å². The fourth-order valence-corrected chi connectivity index (χ4v) is 1.28. The Morgan fingerprint density at radius 1 is 0.944 bits per heavy atom. The van der Waals surface area contributed by atoms with E-state index in [1.165, 1.54) is 12.4 Å². The monoisotopic (exact) mass is 238 g/mol. The highest BCUT2D eigenvalue weighted by atomic mass is 19.1. The molecule has 0 saturated heterocycles. The second-order valence-electron chi connectivity index (χ2n) is 3.49. The predicted molar refractivity (Wildman–Crippen MR) is 68.6 cm³/mol. The van der Waals surface area contributed by atoms with Crippen LogP contribution in [0.1, 0.15) is 11.3 Å². The lowest BCUT2D eigenvalue weighted by molar-refractivity contribution is 0.623. The van der Waals surface area contributed by atoms with Crippen molar-refractivity contribution in [1.29, 1.82) is 0 Å². The van der Waals surface area contributed by atoms with E-state index in [4.69, 9.17) is 0 Å². The van der Waals surface area contributed by atoms with E-state index in [1.807, 2.05) is 30.3 Å². The average Bonchev–Trinajstić information content (AvgIpc) is 2.50. The van der Waals surface area contributed by atoms with Gasteiger partial charge < -0.3 is 4.98 Å². The predicted octanol–water partition coefficient (Wildman–Crippen LogP) is 3.07. The fourth-order valence-electron chi connectivity index (χ4n) is 1.28. The molecule has 0 amide bonds. The maximum atomic E-state index is 13.0. The Balaban J connectivity index is 2.34. The van der Waals surface area contributed by atoms with Crippen molar-refractivity contribution in [3.8, 4) is 11.8 Å². The number of hydrogen-bond donors (Lipinski definition) is 1. The molecule has 1 aromatic heterocycles. The van der Waals surface area contributed by atoms with Gasteiger partial charge in [0, 0.05) is 5.56 Å². The summed E-state index contributed by atoms with van der Waals surface area (Å²) >= 11 is 0. The third kappa shape index (κ3) is 3.76. The third-order valence-corrected chi connectivity index (χ3v) is 2.13. The Morgan fingerprint density at radius 2 is 1.78 bits per heavy atom. The molecule has 0 aliphatic carbocycles. The van der Waals surface area contributed by atoms with Crippen LogP contribution in [0.5, 0.6) is 0 Å². The van der Waals surface area contributed by atoms with Crippen LogP contribution in [-0.2, 0) is 0 Å². The third-order valence-electron chi connectivity index (χ3n) is 2.13. The van der Waals surface area contributed by atoms with Crippen LogP contribution in [0, 0.1) is 17.7 Å². The van der Waals surface area contributed by atoms with Crippen molar-refractivity contribution in [2.24, 2.45) is 0 Å². The summed E-state index contributed by atoms with van der Waals surface area (Å²) in [7, 11) is 0. The topological polar surface area (TPSA) is 28.7 Å². The molecule has 0 atom stereocenters. The van der Waals surface area contributed by atoms with Gasteiger partial charge in [-0.25, -0.2) is 9.37 Å². The van der Waals surface area contributed by atoms with Gasteiger partial charge in [0.1, 0.15) is 5.82 Å². The molecule has 0 aliphatic rings. The number of halogens is 1. The Labute approximate surface area is 105 Å². The van der Waals surface area contributed by atoms with Gasteiger partial charge in [0.05, 0.1) is 18.2 Å². The minimum absolute atomic E-state index is 0.401. The SMILES string of the molecule is Fc1cccc(C#Cc2ccccc2)[nH]cnc1. The second kappa shape index (κ2) is 6.21. The molecule has 1 heterocycles. The van der Waals surface area contributed by atoms with Gasteiger partial charge >= 0.3 is 0 Å². The van der Waals surface area contributed by atoms with Crippen molar-refractivity contribution < 1.29 is 4.39 Å². The van der Waals surface area contributed by atoms with E-state index < -0.39 is 5.82 Å². The summed E-state index contributed by atoms with van der Waals surface area (Å²) in [6.07, 6.45) is 2.53. The molecular formula is C15H11FN2. The number of benzene rings is 1. The first-order valence-electron chi connectivity index (χ1n) is 5.44. The molecule has 2 rings (SSSR count). The maximum absolute atomic E-state index is 13.0. The summed E-state index contributed by atoms with van der Waals surface area (Å²) in [6.45, 7) is 0. The van der Waals surface area contributed by atoms with Gasteiger partial charge in [0.25, 0.3) is 0 Å². The molecule has 1 N–H and O–H groups in total. The lowest BCUT2D eigenvalue weighted by Crippen LogP contribution is -1.77. The van der Waals surface area contributed by atoms with E-state index in [0.29, 0.717) is 5.69 Å². The Morgan fingerprint density at radius 3 is 2.61 bits per heavy atom. The smallest absolute Gasteiger partial charge is 0.141 e. The summed E-state index contributed by atoms with van der Waals surface area (Å²) in [4.78, 5) is 6.63. The molecule has 0 spiro atoms. The summed E-state index contributed by atoms with van der Waals surface area (Å²) < 4.78 is 13.0. The molecule has 1 aromatic carbocycles. The molecule has 0 bridgehead atoms. The molecular weight excluding hydrogens is 227 g/mol. The molecule has 0 saturated carbocycles. The second-order valence-corrected chi connectivity index (χ2v) is 3.49. The first kappa shape index (κ1) is 11.9. The summed E-state index contributed by atoms with van der Waals surface area (Å²) in [5.41, 5.74) is 1.58. The molecule has 3 heteroatoms. The summed E-state index contributed by atoms with van der Waals surface area (Å²) in [6, 6.07) is 14.2. The summed E-state index contributed by atoms with van der Waals surface area (Å²) in [5.74, 6) is 5.57. The van der Waals surface area contributed by atoms with Crippen molar-refractivity contribution in [1.82, 2.24) is 9.97 Å². The first-order chi connectivity index (χ1) is 8.84. The van der Waals surface area contributed by atoms with Gasteiger partial charge in [-0.3, -0.25) is 0 Å². The molecule has 18 heavy (non-hydrogen) atoms. The van der Waals surface area contributed by atoms with E-state index >= 15 is 0 Å². The van der Waals surface area contributed by atoms with Crippen LogP contribution in [0.4, 0.5) is 4.39 Å². The van der Waals surface area contributed by atoms with Crippen LogP contribution in [-0.4, -0.2) is 9.97 Å². The van der Waals surface area contributed by atoms with Crippen LogP contribution >= 0.6 is 0 Å². The average molecular weight is 238 g/mol. The minimum atomic E-state index is -0.401. The van der Waals surface area contributed by atoms with Crippen molar-refractivity contribution in [2.45, 2.75) is 0 Å².